The number of nitrogens with one attached hydrogen (secondary N) is 4. The Labute approximate surface area is 405 Å². The summed E-state index contributed by atoms with van der Waals surface area (Å²) in [6.45, 7) is 7.67. The number of nitrogens with zero attached hydrogens (tertiary/aromatic N) is 4. The van der Waals surface area contributed by atoms with Crippen molar-refractivity contribution in [3.8, 4) is 23.3 Å². The number of anilines is 1. The minimum absolute atomic E-state index is 0.0335. The molecule has 3 heterocycles. The molecule has 18 heteroatoms. The first-order valence-corrected chi connectivity index (χ1v) is 23.1. The average Bonchev–Trinajstić information content (AvgIpc) is 3.93. The van der Waals surface area contributed by atoms with E-state index >= 15 is 8.78 Å². The summed E-state index contributed by atoms with van der Waals surface area (Å²) < 4.78 is 43.5. The molecule has 2 aromatic heterocycles. The summed E-state index contributed by atoms with van der Waals surface area (Å²) in [6.07, 6.45) is 9.87. The van der Waals surface area contributed by atoms with Gasteiger partial charge in [0.25, 0.3) is 5.91 Å². The lowest BCUT2D eigenvalue weighted by Crippen LogP contribution is -2.45. The third kappa shape index (κ3) is 10.8. The number of halogens is 4. The molecule has 0 spiro atoms. The van der Waals surface area contributed by atoms with Gasteiger partial charge >= 0.3 is 0 Å². The Balaban J connectivity index is 1.03. The zero-order chi connectivity index (χ0) is 48.9. The van der Waals surface area contributed by atoms with Gasteiger partial charge in [0, 0.05) is 71.1 Å². The number of amides is 2. The van der Waals surface area contributed by atoms with Crippen LogP contribution in [-0.2, 0) is 10.2 Å². The minimum atomic E-state index is -1.81. The zero-order valence-corrected chi connectivity index (χ0v) is 40.1. The molecule has 2 amide bonds. The molecule has 2 aliphatic rings. The number of hydrazine groups is 1. The Morgan fingerprint density at radius 2 is 1.79 bits per heavy atom. The third-order valence-corrected chi connectivity index (χ3v) is 13.3. The van der Waals surface area contributed by atoms with Crippen LogP contribution >= 0.6 is 23.2 Å². The van der Waals surface area contributed by atoms with Crippen LogP contribution in [-0.4, -0.2) is 72.0 Å². The van der Waals surface area contributed by atoms with Gasteiger partial charge in [0.05, 0.1) is 29.9 Å². The van der Waals surface area contributed by atoms with Gasteiger partial charge in [-0.25, -0.2) is 19.2 Å². The predicted molar refractivity (Wildman–Crippen MR) is 259 cm³/mol. The molecular weight excluding hydrogens is 912 g/mol. The van der Waals surface area contributed by atoms with Crippen molar-refractivity contribution in [2.75, 3.05) is 19.5 Å². The largest absolute Gasteiger partial charge is 0.495 e. The Hall–Kier alpha value is -6.12. The fraction of sp³-hybridized carbons (Fsp3) is 0.360. The number of oxazole rings is 1. The van der Waals surface area contributed by atoms with Gasteiger partial charge in [-0.3, -0.25) is 14.6 Å². The summed E-state index contributed by atoms with van der Waals surface area (Å²) in [5, 5.41) is 22.2. The number of ether oxygens (including phenoxy) is 1. The average molecular weight is 966 g/mol. The fourth-order valence-electron chi connectivity index (χ4n) is 9.58. The van der Waals surface area contributed by atoms with Crippen LogP contribution in [0, 0.1) is 28.4 Å². The van der Waals surface area contributed by atoms with Crippen molar-refractivity contribution in [3.05, 3.63) is 141 Å². The van der Waals surface area contributed by atoms with Gasteiger partial charge in [-0.2, -0.15) is 5.26 Å². The number of hydrogen-bond donors (Lipinski definition) is 4. The molecule has 1 aliphatic heterocycles. The normalized spacial score (nSPS) is 21.7. The lowest BCUT2D eigenvalue weighted by Gasteiger charge is -2.37. The highest BCUT2D eigenvalue weighted by Gasteiger charge is 2.61. The SMILES string of the molecule is CNN(/C=C(\C)NC(=O)c1coc(-c2ccncc2)n1)C1CCC(BC(=O)c2ccc(NC(=O)[C@@H]3N[C@@H](CC(C)(C)C)[C@](C#N)(c4ccc(Cl)cc4F)[C@H]3c3cccc(Cl)c3F)c(OC)c2)CC1. The summed E-state index contributed by atoms with van der Waals surface area (Å²) in [6, 6.07) is 17.0. The number of benzene rings is 3. The monoisotopic (exact) mass is 964 g/mol. The van der Waals surface area contributed by atoms with Crippen LogP contribution < -0.4 is 26.1 Å². The van der Waals surface area contributed by atoms with Crippen molar-refractivity contribution in [2.24, 2.45) is 5.41 Å². The number of pyridine rings is 1. The topological polar surface area (TPSA) is 175 Å². The Kier molecular flexibility index (Phi) is 15.4. The highest BCUT2D eigenvalue weighted by molar-refractivity contribution is 6.78. The van der Waals surface area contributed by atoms with Crippen LogP contribution in [0.4, 0.5) is 14.5 Å². The summed E-state index contributed by atoms with van der Waals surface area (Å²) >= 11 is 12.5. The third-order valence-electron chi connectivity index (χ3n) is 12.8. The van der Waals surface area contributed by atoms with Gasteiger partial charge in [0.1, 0.15) is 34.7 Å². The van der Waals surface area contributed by atoms with E-state index in [1.807, 2.05) is 39.0 Å². The van der Waals surface area contributed by atoms with E-state index < -0.39 is 52.3 Å². The summed E-state index contributed by atoms with van der Waals surface area (Å²) in [7, 11) is 3.54. The van der Waals surface area contributed by atoms with E-state index in [0.29, 0.717) is 36.4 Å². The van der Waals surface area contributed by atoms with E-state index in [4.69, 9.17) is 32.4 Å². The lowest BCUT2D eigenvalue weighted by molar-refractivity contribution is -0.118. The first-order valence-electron chi connectivity index (χ1n) is 22.4. The van der Waals surface area contributed by atoms with Gasteiger partial charge < -0.3 is 34.9 Å². The van der Waals surface area contributed by atoms with Crippen molar-refractivity contribution >= 4 is 53.7 Å². The Morgan fingerprint density at radius 1 is 1.06 bits per heavy atom. The van der Waals surface area contributed by atoms with Crippen molar-refractivity contribution in [1.29, 1.82) is 5.26 Å². The summed E-state index contributed by atoms with van der Waals surface area (Å²) in [5.41, 5.74) is 2.92. The maximum atomic E-state index is 16.2. The minimum Gasteiger partial charge on any atom is -0.495 e. The molecule has 3 aromatic carbocycles. The molecule has 1 saturated heterocycles. The summed E-state index contributed by atoms with van der Waals surface area (Å²) in [4.78, 5) is 49.7. The van der Waals surface area contributed by atoms with E-state index in [0.717, 1.165) is 31.7 Å². The number of hydrogen-bond acceptors (Lipinski definition) is 11. The van der Waals surface area contributed by atoms with Gasteiger partial charge in [-0.05, 0) is 85.7 Å². The van der Waals surface area contributed by atoms with Gasteiger partial charge in [0.2, 0.25) is 19.1 Å². The number of aromatic nitrogens is 2. The molecule has 7 rings (SSSR count). The van der Waals surface area contributed by atoms with Gasteiger partial charge in [0.15, 0.2) is 5.69 Å². The molecule has 354 valence electrons. The van der Waals surface area contributed by atoms with E-state index in [2.05, 4.69) is 37.4 Å². The number of nitriles is 1. The van der Waals surface area contributed by atoms with Crippen LogP contribution in [0.25, 0.3) is 11.5 Å². The smallest absolute Gasteiger partial charge is 0.277 e. The molecule has 4 N–H and O–H groups in total. The molecule has 0 radical (unpaired) electrons. The van der Waals surface area contributed by atoms with Gasteiger partial charge in [-0.15, -0.1) is 0 Å². The molecule has 68 heavy (non-hydrogen) atoms. The van der Waals surface area contributed by atoms with E-state index in [1.54, 1.807) is 49.6 Å². The van der Waals surface area contributed by atoms with Crippen molar-refractivity contribution < 1.29 is 32.3 Å². The van der Waals surface area contributed by atoms with E-state index in [1.165, 1.54) is 43.7 Å². The molecule has 5 aromatic rings. The quantitative estimate of drug-likeness (QED) is 0.0582. The molecule has 0 unspecified atom stereocenters. The van der Waals surface area contributed by atoms with Crippen molar-refractivity contribution in [1.82, 2.24) is 31.0 Å². The van der Waals surface area contributed by atoms with Crippen LogP contribution in [0.2, 0.25) is 15.9 Å². The van der Waals surface area contributed by atoms with Crippen LogP contribution in [0.3, 0.4) is 0 Å². The summed E-state index contributed by atoms with van der Waals surface area (Å²) in [5.74, 6) is -3.25. The molecule has 1 saturated carbocycles. The second kappa shape index (κ2) is 21.0. The maximum Gasteiger partial charge on any atom is 0.277 e. The highest BCUT2D eigenvalue weighted by atomic mass is 35.5. The predicted octanol–water partition coefficient (Wildman–Crippen LogP) is 9.33. The number of carbonyl (C=O) groups is 3. The fourth-order valence-corrected chi connectivity index (χ4v) is 9.92. The molecular formula is C50H53BCl2F2N8O5. The number of allylic oxidation sites excluding steroid dienone is 1. The molecule has 4 atom stereocenters. The second-order valence-corrected chi connectivity index (χ2v) is 19.4. The Bertz CT molecular complexity index is 2740. The van der Waals surface area contributed by atoms with E-state index in [-0.39, 0.29) is 55.8 Å². The zero-order valence-electron chi connectivity index (χ0n) is 38.6. The maximum absolute atomic E-state index is 16.2. The first kappa shape index (κ1) is 49.8. The first-order chi connectivity index (χ1) is 32.5. The van der Waals surface area contributed by atoms with Crippen LogP contribution in [0.5, 0.6) is 5.75 Å². The number of rotatable bonds is 15. The van der Waals surface area contributed by atoms with Crippen LogP contribution in [0.15, 0.2) is 102 Å². The molecule has 0 bridgehead atoms. The molecule has 1 aliphatic carbocycles. The Morgan fingerprint density at radius 3 is 2.46 bits per heavy atom. The van der Waals surface area contributed by atoms with Crippen LogP contribution in [0.1, 0.15) is 97.7 Å². The standard InChI is InChI=1S/C50H53BCl2F2N8O5/c1-28(59-46(65)39-26-68-48(61-39)29-18-20-58-21-19-29)25-63(57-5)33-14-11-31(12-15-33)51-45(64)30-10-17-38(40(22-30)67-6)60-47(66)44-42(34-8-7-9-36(53)43(34)55)50(27-56,41(62-44)24-49(2,3)4)35-16-13-32(52)23-37(35)54/h7-10,13,16-23,25-26,31,33,41-42,44,51,57,62H,11-12,14-15,24H2,1-6H3,(H,59,65)(H,60,66)/b28-25+/t31?,33?,41-,42-,44+,50-/m0/s1. The second-order valence-electron chi connectivity index (χ2n) is 18.6. The lowest BCUT2D eigenvalue weighted by atomic mass is 9.54. The van der Waals surface area contributed by atoms with Crippen molar-refractivity contribution in [2.45, 2.75) is 95.1 Å². The highest BCUT2D eigenvalue weighted by Crippen LogP contribution is 2.53. The molecule has 2 fully saturated rings. The number of methoxy groups -OCH3 is 1. The van der Waals surface area contributed by atoms with Gasteiger partial charge in [-0.1, -0.05) is 80.8 Å². The number of carbonyl (C=O) groups excluding carboxylic acids is 3. The van der Waals surface area contributed by atoms with Crippen molar-refractivity contribution in [3.63, 3.8) is 0 Å². The van der Waals surface area contributed by atoms with E-state index in [9.17, 15) is 19.6 Å². The molecule has 13 nitrogen and oxygen atoms in total.